The molecule has 4 rings (SSSR count). The molecule has 32 heavy (non-hydrogen) atoms. The summed E-state index contributed by atoms with van der Waals surface area (Å²) in [5, 5.41) is 0.929. The van der Waals surface area contributed by atoms with E-state index in [4.69, 9.17) is 4.74 Å². The zero-order valence-electron chi connectivity index (χ0n) is 18.9. The van der Waals surface area contributed by atoms with Gasteiger partial charge in [-0.05, 0) is 90.6 Å². The van der Waals surface area contributed by atoms with E-state index in [-0.39, 0.29) is 5.39 Å². The van der Waals surface area contributed by atoms with Gasteiger partial charge < -0.3 is 4.74 Å². The molecule has 0 radical (unpaired) electrons. The molecule has 1 nitrogen and oxygen atoms in total. The van der Waals surface area contributed by atoms with Crippen molar-refractivity contribution in [3.8, 4) is 5.75 Å². The Morgan fingerprint density at radius 1 is 0.938 bits per heavy atom. The minimum absolute atomic E-state index is 0.245. The maximum atomic E-state index is 14.8. The number of aryl methyl sites for hydroxylation is 2. The van der Waals surface area contributed by atoms with Gasteiger partial charge in [0.1, 0.15) is 12.4 Å². The summed E-state index contributed by atoms with van der Waals surface area (Å²) >= 11 is 0. The number of benzene rings is 3. The third-order valence-corrected chi connectivity index (χ3v) is 6.99. The van der Waals surface area contributed by atoms with E-state index in [9.17, 15) is 8.78 Å². The van der Waals surface area contributed by atoms with Gasteiger partial charge in [-0.15, -0.1) is 0 Å². The molecule has 1 saturated carbocycles. The lowest BCUT2D eigenvalue weighted by atomic mass is 9.78. The maximum absolute atomic E-state index is 14.8. The first-order valence-electron chi connectivity index (χ1n) is 11.8. The zero-order valence-corrected chi connectivity index (χ0v) is 18.9. The van der Waals surface area contributed by atoms with Crippen molar-refractivity contribution in [2.24, 2.45) is 5.92 Å². The number of hydrogen-bond donors (Lipinski definition) is 0. The Hall–Kier alpha value is -2.68. The predicted octanol–water partition coefficient (Wildman–Crippen LogP) is 8.15. The van der Waals surface area contributed by atoms with Crippen molar-refractivity contribution in [2.75, 3.05) is 6.61 Å². The highest BCUT2D eigenvalue weighted by Crippen LogP contribution is 2.37. The van der Waals surface area contributed by atoms with Gasteiger partial charge in [-0.1, -0.05) is 56.3 Å². The molecule has 1 fully saturated rings. The molecule has 3 heteroatoms. The summed E-state index contributed by atoms with van der Waals surface area (Å²) in [6, 6.07) is 15.6. The third-order valence-electron chi connectivity index (χ3n) is 6.99. The number of halogens is 2. The summed E-state index contributed by atoms with van der Waals surface area (Å²) in [5.74, 6) is 0.502. The predicted molar refractivity (Wildman–Crippen MR) is 128 cm³/mol. The molecule has 0 bridgehead atoms. The van der Waals surface area contributed by atoms with Crippen molar-refractivity contribution in [3.05, 3.63) is 89.5 Å². The average molecular weight is 435 g/mol. The summed E-state index contributed by atoms with van der Waals surface area (Å²) in [5.41, 5.74) is 2.99. The van der Waals surface area contributed by atoms with Crippen LogP contribution >= 0.6 is 0 Å². The smallest absolute Gasteiger partial charge is 0.167 e. The van der Waals surface area contributed by atoms with Gasteiger partial charge in [0.25, 0.3) is 0 Å². The Kier molecular flexibility index (Phi) is 7.24. The van der Waals surface area contributed by atoms with Crippen LogP contribution in [-0.2, 0) is 12.8 Å². The van der Waals surface area contributed by atoms with Crippen LogP contribution in [0.15, 0.2) is 61.2 Å². The van der Waals surface area contributed by atoms with Crippen LogP contribution in [0.25, 0.3) is 10.8 Å². The van der Waals surface area contributed by atoms with Crippen molar-refractivity contribution < 1.29 is 13.5 Å². The first-order valence-corrected chi connectivity index (χ1v) is 11.8. The third kappa shape index (κ3) is 5.03. The van der Waals surface area contributed by atoms with Crippen LogP contribution in [0.4, 0.5) is 8.78 Å². The molecule has 1 aliphatic carbocycles. The lowest BCUT2D eigenvalue weighted by molar-refractivity contribution is 0.319. The van der Waals surface area contributed by atoms with E-state index in [1.807, 2.05) is 0 Å². The maximum Gasteiger partial charge on any atom is 0.167 e. The van der Waals surface area contributed by atoms with Gasteiger partial charge in [0.05, 0.1) is 0 Å². The molecular formula is C29H32F2O. The fourth-order valence-corrected chi connectivity index (χ4v) is 4.93. The molecule has 0 amide bonds. The first-order chi connectivity index (χ1) is 15.6. The Morgan fingerprint density at radius 3 is 2.38 bits per heavy atom. The molecule has 3 aromatic carbocycles. The second kappa shape index (κ2) is 10.3. The van der Waals surface area contributed by atoms with Crippen molar-refractivity contribution in [1.82, 2.24) is 0 Å². The molecule has 1 aliphatic rings. The van der Waals surface area contributed by atoms with Crippen LogP contribution in [0, 0.1) is 17.6 Å². The van der Waals surface area contributed by atoms with Gasteiger partial charge >= 0.3 is 0 Å². The van der Waals surface area contributed by atoms with Gasteiger partial charge in [-0.2, -0.15) is 0 Å². The van der Waals surface area contributed by atoms with E-state index in [2.05, 4.69) is 37.8 Å². The van der Waals surface area contributed by atoms with Gasteiger partial charge in [0.15, 0.2) is 11.6 Å². The molecule has 3 aromatic rings. The van der Waals surface area contributed by atoms with E-state index < -0.39 is 11.6 Å². The first kappa shape index (κ1) is 22.5. The van der Waals surface area contributed by atoms with Crippen LogP contribution in [0.2, 0.25) is 0 Å². The summed E-state index contributed by atoms with van der Waals surface area (Å²) in [7, 11) is 0. The van der Waals surface area contributed by atoms with Crippen molar-refractivity contribution in [2.45, 2.75) is 57.8 Å². The van der Waals surface area contributed by atoms with Gasteiger partial charge in [-0.3, -0.25) is 0 Å². The van der Waals surface area contributed by atoms with Crippen molar-refractivity contribution in [3.63, 3.8) is 0 Å². The highest BCUT2D eigenvalue weighted by atomic mass is 19.2. The highest BCUT2D eigenvalue weighted by molar-refractivity contribution is 5.85. The van der Waals surface area contributed by atoms with Crippen LogP contribution < -0.4 is 4.74 Å². The number of ether oxygens (including phenoxy) is 1. The molecule has 0 heterocycles. The molecule has 0 unspecified atom stereocenters. The monoisotopic (exact) mass is 434 g/mol. The van der Waals surface area contributed by atoms with E-state index in [1.54, 1.807) is 30.3 Å². The summed E-state index contributed by atoms with van der Waals surface area (Å²) < 4.78 is 35.0. The largest absolute Gasteiger partial charge is 0.490 e. The number of hydrogen-bond acceptors (Lipinski definition) is 1. The summed E-state index contributed by atoms with van der Waals surface area (Å²) in [6.45, 7) is 6.22. The summed E-state index contributed by atoms with van der Waals surface area (Å²) in [6.07, 6.45) is 9.28. The van der Waals surface area contributed by atoms with Gasteiger partial charge in [-0.25, -0.2) is 8.78 Å². The normalized spacial score (nSPS) is 18.6. The molecule has 168 valence electrons. The SMILES string of the molecule is C=CCOc1ccc2cc(CCc3ccc(C4CCC(CC)CC4)cc3)c(F)c(F)c2c1. The highest BCUT2D eigenvalue weighted by Gasteiger charge is 2.21. The standard InChI is InChI=1S/C29H32F2O/c1-3-17-32-26-16-15-24-18-25(28(30)29(31)27(24)19-26)14-9-21-7-12-23(13-8-21)22-10-5-20(4-2)6-11-22/h3,7-8,12-13,15-16,18-20,22H,1,4-6,9-11,14,17H2,2H3. The molecule has 0 atom stereocenters. The van der Waals surface area contributed by atoms with Crippen molar-refractivity contribution in [1.29, 1.82) is 0 Å². The Labute approximate surface area is 190 Å². The molecular weight excluding hydrogens is 402 g/mol. The van der Waals surface area contributed by atoms with Crippen LogP contribution in [0.5, 0.6) is 5.75 Å². The fraction of sp³-hybridized carbons (Fsp3) is 0.379. The van der Waals surface area contributed by atoms with Gasteiger partial charge in [0, 0.05) is 5.39 Å². The van der Waals surface area contributed by atoms with Crippen LogP contribution in [0.3, 0.4) is 0 Å². The second-order valence-electron chi connectivity index (χ2n) is 9.01. The lowest BCUT2D eigenvalue weighted by Crippen LogP contribution is -2.12. The lowest BCUT2D eigenvalue weighted by Gasteiger charge is -2.28. The van der Waals surface area contributed by atoms with Crippen LogP contribution in [-0.4, -0.2) is 6.61 Å². The molecule has 0 saturated heterocycles. The second-order valence-corrected chi connectivity index (χ2v) is 9.01. The number of fused-ring (bicyclic) bond motifs is 1. The Bertz CT molecular complexity index is 1060. The van der Waals surface area contributed by atoms with Gasteiger partial charge in [0.2, 0.25) is 0 Å². The fourth-order valence-electron chi connectivity index (χ4n) is 4.93. The van der Waals surface area contributed by atoms with E-state index in [1.165, 1.54) is 37.7 Å². The average Bonchev–Trinajstić information content (AvgIpc) is 2.84. The Balaban J connectivity index is 1.43. The molecule has 0 N–H and O–H groups in total. The quantitative estimate of drug-likeness (QED) is 0.325. The van der Waals surface area contributed by atoms with E-state index in [0.717, 1.165) is 11.5 Å². The minimum atomic E-state index is -0.806. The summed E-state index contributed by atoms with van der Waals surface area (Å²) in [4.78, 5) is 0. The molecule has 0 aromatic heterocycles. The molecule has 0 spiro atoms. The van der Waals surface area contributed by atoms with Crippen LogP contribution in [0.1, 0.15) is 61.6 Å². The van der Waals surface area contributed by atoms with E-state index in [0.29, 0.717) is 42.1 Å². The topological polar surface area (TPSA) is 9.23 Å². The van der Waals surface area contributed by atoms with Crippen molar-refractivity contribution >= 4 is 10.8 Å². The minimum Gasteiger partial charge on any atom is -0.490 e. The number of rotatable bonds is 8. The molecule has 0 aliphatic heterocycles. The van der Waals surface area contributed by atoms with E-state index >= 15 is 0 Å². The Morgan fingerprint density at radius 2 is 1.69 bits per heavy atom. The zero-order chi connectivity index (χ0) is 22.5.